The van der Waals surface area contributed by atoms with Gasteiger partial charge < -0.3 is 20.1 Å². The van der Waals surface area contributed by atoms with Crippen molar-refractivity contribution in [2.75, 3.05) is 26.3 Å². The highest BCUT2D eigenvalue weighted by Gasteiger charge is 2.19. The van der Waals surface area contributed by atoms with E-state index in [-0.39, 0.29) is 0 Å². The molecule has 0 aliphatic carbocycles. The first-order valence-electron chi connectivity index (χ1n) is 8.60. The van der Waals surface area contributed by atoms with Gasteiger partial charge in [-0.25, -0.2) is 0 Å². The van der Waals surface area contributed by atoms with Gasteiger partial charge in [-0.2, -0.15) is 0 Å². The van der Waals surface area contributed by atoms with Gasteiger partial charge in [0.2, 0.25) is 0 Å². The topological polar surface area (TPSA) is 42.5 Å². The maximum Gasteiger partial charge on any atom is 0.0717 e. The third kappa shape index (κ3) is 5.73. The molecule has 3 rings (SSSR count). The third-order valence-corrected chi connectivity index (χ3v) is 4.17. The molecule has 4 nitrogen and oxygen atoms in total. The van der Waals surface area contributed by atoms with Gasteiger partial charge in [-0.15, -0.1) is 0 Å². The van der Waals surface area contributed by atoms with E-state index >= 15 is 0 Å². The average Bonchev–Trinajstić information content (AvgIpc) is 2.65. The fourth-order valence-corrected chi connectivity index (χ4v) is 2.78. The number of ether oxygens (including phenoxy) is 2. The summed E-state index contributed by atoms with van der Waals surface area (Å²) in [6.45, 7) is 4.60. The fraction of sp³-hybridized carbons (Fsp3) is 0.400. The monoisotopic (exact) mass is 326 g/mol. The second-order valence-electron chi connectivity index (χ2n) is 6.21. The summed E-state index contributed by atoms with van der Waals surface area (Å²) in [7, 11) is 0. The molecule has 0 spiro atoms. The van der Waals surface area contributed by atoms with E-state index in [0.717, 1.165) is 26.3 Å². The van der Waals surface area contributed by atoms with Crippen LogP contribution < -0.4 is 10.6 Å². The number of benzene rings is 2. The van der Waals surface area contributed by atoms with Crippen molar-refractivity contribution in [1.29, 1.82) is 0 Å². The molecule has 2 atom stereocenters. The van der Waals surface area contributed by atoms with Gasteiger partial charge in [0.05, 0.1) is 26.4 Å². The number of hydrogen-bond donors (Lipinski definition) is 2. The van der Waals surface area contributed by atoms with Crippen molar-refractivity contribution in [3.63, 3.8) is 0 Å². The van der Waals surface area contributed by atoms with E-state index < -0.39 is 0 Å². The molecule has 0 bridgehead atoms. The van der Waals surface area contributed by atoms with Crippen LogP contribution in [0.5, 0.6) is 0 Å². The molecule has 0 saturated carbocycles. The molecule has 1 saturated heterocycles. The van der Waals surface area contributed by atoms with Crippen LogP contribution in [0, 0.1) is 0 Å². The molecule has 1 aliphatic rings. The van der Waals surface area contributed by atoms with Gasteiger partial charge in [0.25, 0.3) is 0 Å². The number of nitrogens with one attached hydrogen (secondary N) is 2. The maximum absolute atomic E-state index is 5.80. The normalized spacial score (nSPS) is 20.8. The van der Waals surface area contributed by atoms with E-state index in [2.05, 4.69) is 34.9 Å². The summed E-state index contributed by atoms with van der Waals surface area (Å²) in [6.07, 6.45) is 0. The molecule has 2 N–H and O–H groups in total. The van der Waals surface area contributed by atoms with E-state index in [1.54, 1.807) is 0 Å². The predicted octanol–water partition coefficient (Wildman–Crippen LogP) is 2.35. The minimum atomic E-state index is 0.360. The van der Waals surface area contributed by atoms with Crippen LogP contribution >= 0.6 is 0 Å². The van der Waals surface area contributed by atoms with Crippen molar-refractivity contribution in [1.82, 2.24) is 10.6 Å². The lowest BCUT2D eigenvalue weighted by molar-refractivity contribution is 0.0680. The Morgan fingerprint density at radius 2 is 1.08 bits per heavy atom. The Balaban J connectivity index is 1.27. The molecule has 24 heavy (non-hydrogen) atoms. The molecule has 2 aromatic carbocycles. The molecule has 0 aromatic heterocycles. The Kier molecular flexibility index (Phi) is 6.81. The maximum atomic E-state index is 5.80. The summed E-state index contributed by atoms with van der Waals surface area (Å²) in [5.74, 6) is 0. The molecule has 2 aromatic rings. The first-order valence-corrected chi connectivity index (χ1v) is 8.60. The first-order chi connectivity index (χ1) is 11.9. The molecule has 4 heteroatoms. The van der Waals surface area contributed by atoms with Crippen LogP contribution in [0.4, 0.5) is 0 Å². The highest BCUT2D eigenvalue weighted by atomic mass is 16.5. The number of hydrogen-bond acceptors (Lipinski definition) is 4. The standard InChI is InChI=1S/C20H26N2O2/c1-3-7-17(8-4-1)13-23-15-19-11-22-20(12-21-19)16-24-14-18-9-5-2-6-10-18/h1-10,19-22H,11-16H2/t19-,20-/m0/s1. The van der Waals surface area contributed by atoms with Crippen LogP contribution in [-0.2, 0) is 22.7 Å². The highest BCUT2D eigenvalue weighted by Crippen LogP contribution is 2.04. The molecule has 1 aliphatic heterocycles. The Bertz CT molecular complexity index is 515. The van der Waals surface area contributed by atoms with E-state index in [1.807, 2.05) is 36.4 Å². The summed E-state index contributed by atoms with van der Waals surface area (Å²) in [4.78, 5) is 0. The minimum Gasteiger partial charge on any atom is -0.375 e. The lowest BCUT2D eigenvalue weighted by Gasteiger charge is -2.31. The van der Waals surface area contributed by atoms with Gasteiger partial charge in [0.1, 0.15) is 0 Å². The van der Waals surface area contributed by atoms with Crippen molar-refractivity contribution in [3.8, 4) is 0 Å². The van der Waals surface area contributed by atoms with Crippen molar-refractivity contribution in [2.45, 2.75) is 25.3 Å². The van der Waals surface area contributed by atoms with Crippen LogP contribution in [0.1, 0.15) is 11.1 Å². The fourth-order valence-electron chi connectivity index (χ4n) is 2.78. The SMILES string of the molecule is c1ccc(COC[C@@H]2CN[C@H](COCc3ccccc3)CN2)cc1. The lowest BCUT2D eigenvalue weighted by atomic mass is 10.1. The van der Waals surface area contributed by atoms with Crippen LogP contribution in [0.2, 0.25) is 0 Å². The molecule has 1 heterocycles. The van der Waals surface area contributed by atoms with E-state index in [1.165, 1.54) is 11.1 Å². The van der Waals surface area contributed by atoms with E-state index in [9.17, 15) is 0 Å². The Morgan fingerprint density at radius 1 is 0.667 bits per heavy atom. The summed E-state index contributed by atoms with van der Waals surface area (Å²) in [5, 5.41) is 7.07. The van der Waals surface area contributed by atoms with Crippen molar-refractivity contribution in [2.24, 2.45) is 0 Å². The second-order valence-corrected chi connectivity index (χ2v) is 6.21. The number of rotatable bonds is 8. The summed E-state index contributed by atoms with van der Waals surface area (Å²) >= 11 is 0. The zero-order valence-electron chi connectivity index (χ0n) is 14.0. The number of piperazine rings is 1. The molecule has 128 valence electrons. The zero-order valence-corrected chi connectivity index (χ0v) is 14.0. The van der Waals surface area contributed by atoms with Gasteiger partial charge in [-0.3, -0.25) is 0 Å². The Morgan fingerprint density at radius 3 is 1.46 bits per heavy atom. The van der Waals surface area contributed by atoms with E-state index in [4.69, 9.17) is 9.47 Å². The van der Waals surface area contributed by atoms with Crippen LogP contribution in [-0.4, -0.2) is 38.4 Å². The van der Waals surface area contributed by atoms with Gasteiger partial charge in [-0.1, -0.05) is 60.7 Å². The van der Waals surface area contributed by atoms with Gasteiger partial charge >= 0.3 is 0 Å². The molecular weight excluding hydrogens is 300 g/mol. The molecule has 0 unspecified atom stereocenters. The zero-order chi connectivity index (χ0) is 16.5. The van der Waals surface area contributed by atoms with Gasteiger partial charge in [0, 0.05) is 25.2 Å². The molecular formula is C20H26N2O2. The lowest BCUT2D eigenvalue weighted by Crippen LogP contribution is -2.57. The third-order valence-electron chi connectivity index (χ3n) is 4.17. The quantitative estimate of drug-likeness (QED) is 0.781. The van der Waals surface area contributed by atoms with Crippen LogP contribution in [0.15, 0.2) is 60.7 Å². The van der Waals surface area contributed by atoms with Crippen molar-refractivity contribution >= 4 is 0 Å². The largest absolute Gasteiger partial charge is 0.375 e. The average molecular weight is 326 g/mol. The van der Waals surface area contributed by atoms with Crippen LogP contribution in [0.25, 0.3) is 0 Å². The van der Waals surface area contributed by atoms with Crippen LogP contribution in [0.3, 0.4) is 0 Å². The van der Waals surface area contributed by atoms with Gasteiger partial charge in [0.15, 0.2) is 0 Å². The summed E-state index contributed by atoms with van der Waals surface area (Å²) in [6, 6.07) is 21.3. The first kappa shape index (κ1) is 17.1. The predicted molar refractivity (Wildman–Crippen MR) is 95.8 cm³/mol. The highest BCUT2D eigenvalue weighted by molar-refractivity contribution is 5.14. The Labute approximate surface area is 144 Å². The van der Waals surface area contributed by atoms with Crippen molar-refractivity contribution < 1.29 is 9.47 Å². The van der Waals surface area contributed by atoms with Gasteiger partial charge in [-0.05, 0) is 11.1 Å². The van der Waals surface area contributed by atoms with E-state index in [0.29, 0.717) is 25.3 Å². The molecule has 0 amide bonds. The minimum absolute atomic E-state index is 0.360. The van der Waals surface area contributed by atoms with Crippen molar-refractivity contribution in [3.05, 3.63) is 71.8 Å². The molecule has 1 fully saturated rings. The second kappa shape index (κ2) is 9.55. The summed E-state index contributed by atoms with van der Waals surface area (Å²) in [5.41, 5.74) is 2.43. The summed E-state index contributed by atoms with van der Waals surface area (Å²) < 4.78 is 11.6. The molecule has 0 radical (unpaired) electrons. The Hall–Kier alpha value is -1.72. The smallest absolute Gasteiger partial charge is 0.0717 e.